The lowest BCUT2D eigenvalue weighted by Gasteiger charge is -2.37. The number of likely N-dealkylation sites (N-methyl/N-ethyl adjacent to an activating group) is 1. The van der Waals surface area contributed by atoms with Gasteiger partial charge in [0.25, 0.3) is 11.5 Å². The smallest absolute Gasteiger partial charge is 0.311 e. The molecule has 5 rings (SSSR count). The van der Waals surface area contributed by atoms with Gasteiger partial charge in [-0.05, 0) is 43.0 Å². The molecule has 2 aromatic rings. The summed E-state index contributed by atoms with van der Waals surface area (Å²) in [6.45, 7) is 0.572. The van der Waals surface area contributed by atoms with E-state index in [4.69, 9.17) is 0 Å². The van der Waals surface area contributed by atoms with Gasteiger partial charge in [0.2, 0.25) is 5.75 Å². The van der Waals surface area contributed by atoms with Crippen LogP contribution in [0.1, 0.15) is 46.9 Å². The molecule has 1 saturated carbocycles. The van der Waals surface area contributed by atoms with E-state index in [1.54, 1.807) is 0 Å². The van der Waals surface area contributed by atoms with Crippen LogP contribution in [0, 0.1) is 5.92 Å². The number of hydrogen-bond acceptors (Lipinski definition) is 7. The summed E-state index contributed by atoms with van der Waals surface area (Å²) >= 11 is 1.47. The van der Waals surface area contributed by atoms with Crippen molar-refractivity contribution in [3.8, 4) is 5.75 Å². The van der Waals surface area contributed by atoms with Crippen LogP contribution in [0.5, 0.6) is 5.75 Å². The third-order valence-electron chi connectivity index (χ3n) is 6.14. The molecule has 1 fully saturated rings. The Morgan fingerprint density at radius 3 is 2.66 bits per heavy atom. The Morgan fingerprint density at radius 2 is 2.03 bits per heavy atom. The third-order valence-corrected chi connectivity index (χ3v) is 7.02. The van der Waals surface area contributed by atoms with Gasteiger partial charge in [-0.3, -0.25) is 23.7 Å². The van der Waals surface area contributed by atoms with Crippen LogP contribution < -0.4 is 16.2 Å². The number of carbonyl (C=O) groups excluding carboxylic acids is 3. The molecule has 0 spiro atoms. The van der Waals surface area contributed by atoms with Gasteiger partial charge >= 0.3 is 11.8 Å². The summed E-state index contributed by atoms with van der Waals surface area (Å²) in [5.74, 6) is -2.52. The topological polar surface area (TPSA) is 134 Å². The molecule has 1 aliphatic carbocycles. The third kappa shape index (κ3) is 3.88. The molecular formula is C21H25N5O5S. The minimum atomic E-state index is -1.06. The molecule has 0 unspecified atom stereocenters. The average Bonchev–Trinajstić information content (AvgIpc) is 3.19. The van der Waals surface area contributed by atoms with Crippen LogP contribution in [0.4, 0.5) is 0 Å². The molecular weight excluding hydrogens is 434 g/mol. The van der Waals surface area contributed by atoms with Crippen molar-refractivity contribution in [3.05, 3.63) is 44.3 Å². The summed E-state index contributed by atoms with van der Waals surface area (Å²) in [7, 11) is 2.96. The number of hydrogen-bond donors (Lipinski definition) is 3. The van der Waals surface area contributed by atoms with Gasteiger partial charge in [-0.25, -0.2) is 4.98 Å². The van der Waals surface area contributed by atoms with Crippen molar-refractivity contribution in [1.82, 2.24) is 25.1 Å². The molecule has 2 bridgehead atoms. The lowest BCUT2D eigenvalue weighted by molar-refractivity contribution is -0.145. The largest absolute Gasteiger partial charge is 0.501 e. The van der Waals surface area contributed by atoms with E-state index in [1.165, 1.54) is 34.9 Å². The molecule has 0 radical (unpaired) electrons. The van der Waals surface area contributed by atoms with Crippen molar-refractivity contribution in [3.63, 3.8) is 0 Å². The molecule has 0 aromatic carbocycles. The Labute approximate surface area is 188 Å². The fourth-order valence-corrected chi connectivity index (χ4v) is 5.04. The molecule has 4 heterocycles. The van der Waals surface area contributed by atoms with Crippen molar-refractivity contribution in [1.29, 1.82) is 0 Å². The maximum absolute atomic E-state index is 13.0. The van der Waals surface area contributed by atoms with Crippen molar-refractivity contribution in [2.75, 3.05) is 14.1 Å². The molecule has 0 saturated heterocycles. The molecule has 2 aromatic heterocycles. The molecule has 10 nitrogen and oxygen atoms in total. The van der Waals surface area contributed by atoms with Crippen LogP contribution in [-0.4, -0.2) is 51.4 Å². The monoisotopic (exact) mass is 459 g/mol. The zero-order chi connectivity index (χ0) is 23.0. The number of nitrogens with zero attached hydrogens (tertiary/aromatic N) is 3. The quantitative estimate of drug-likeness (QED) is 0.572. The van der Waals surface area contributed by atoms with Crippen LogP contribution in [-0.2, 0) is 28.2 Å². The standard InChI is InChI=1S/C21H25N5O5S/c1-25(2)19(31)17(29)24-21-7-5-12(6-8-21)11-26-18(30)15(27)14(23-20(21)26)16(28)22-10-13-4-3-9-32-13/h3-4,9,12,27H,5-8,10-11H2,1-2H3,(H,22,28)(H,24,29). The number of thiophene rings is 1. The lowest BCUT2D eigenvalue weighted by Crippen LogP contribution is -2.53. The number of amides is 3. The highest BCUT2D eigenvalue weighted by atomic mass is 32.1. The van der Waals surface area contributed by atoms with Crippen molar-refractivity contribution < 1.29 is 19.5 Å². The van der Waals surface area contributed by atoms with Gasteiger partial charge in [-0.2, -0.15) is 0 Å². The Bertz CT molecular complexity index is 1120. The molecule has 32 heavy (non-hydrogen) atoms. The molecule has 11 heteroatoms. The van der Waals surface area contributed by atoms with E-state index in [2.05, 4.69) is 15.6 Å². The van der Waals surface area contributed by atoms with E-state index in [-0.39, 0.29) is 24.0 Å². The first-order valence-electron chi connectivity index (χ1n) is 10.4. The second-order valence-electron chi connectivity index (χ2n) is 8.49. The van der Waals surface area contributed by atoms with Crippen LogP contribution in [0.15, 0.2) is 22.3 Å². The van der Waals surface area contributed by atoms with Crippen molar-refractivity contribution >= 4 is 29.1 Å². The highest BCUT2D eigenvalue weighted by Gasteiger charge is 2.46. The maximum atomic E-state index is 13.0. The van der Waals surface area contributed by atoms with Gasteiger partial charge in [0.15, 0.2) is 5.69 Å². The Hall–Kier alpha value is -3.21. The van der Waals surface area contributed by atoms with Gasteiger partial charge in [-0.1, -0.05) is 6.07 Å². The normalized spacial score (nSPS) is 21.4. The first kappa shape index (κ1) is 22.0. The molecule has 3 amide bonds. The SMILES string of the molecule is CN(C)C(=O)C(=O)NC12CCC(CC1)Cn1c2nc(C(=O)NCc2cccs2)c(O)c1=O. The van der Waals surface area contributed by atoms with Crippen LogP contribution in [0.2, 0.25) is 0 Å². The number of aromatic hydroxyl groups is 1. The van der Waals surface area contributed by atoms with Crippen molar-refractivity contribution in [2.45, 2.75) is 44.3 Å². The van der Waals surface area contributed by atoms with Crippen LogP contribution >= 0.6 is 11.3 Å². The molecule has 170 valence electrons. The Kier molecular flexibility index (Phi) is 5.76. The summed E-state index contributed by atoms with van der Waals surface area (Å²) in [5.41, 5.74) is -2.16. The van der Waals surface area contributed by atoms with E-state index in [0.29, 0.717) is 19.4 Å². The van der Waals surface area contributed by atoms with E-state index in [0.717, 1.165) is 17.7 Å². The van der Waals surface area contributed by atoms with E-state index in [1.807, 2.05) is 17.5 Å². The van der Waals surface area contributed by atoms with Gasteiger partial charge in [0, 0.05) is 25.5 Å². The lowest BCUT2D eigenvalue weighted by atomic mass is 9.77. The zero-order valence-electron chi connectivity index (χ0n) is 17.9. The predicted octanol–water partition coefficient (Wildman–Crippen LogP) is 0.544. The Morgan fingerprint density at radius 1 is 1.31 bits per heavy atom. The zero-order valence-corrected chi connectivity index (χ0v) is 18.7. The summed E-state index contributed by atoms with van der Waals surface area (Å²) in [4.78, 5) is 57.1. The summed E-state index contributed by atoms with van der Waals surface area (Å²) in [6, 6.07) is 3.71. The van der Waals surface area contributed by atoms with Gasteiger partial charge in [0.1, 0.15) is 5.82 Å². The summed E-state index contributed by atoms with van der Waals surface area (Å²) in [6.07, 6.45) is 2.41. The van der Waals surface area contributed by atoms with Gasteiger partial charge in [-0.15, -0.1) is 11.3 Å². The second-order valence-corrected chi connectivity index (χ2v) is 9.52. The average molecular weight is 460 g/mol. The number of aromatic nitrogens is 2. The van der Waals surface area contributed by atoms with Crippen molar-refractivity contribution in [2.24, 2.45) is 5.92 Å². The highest BCUT2D eigenvalue weighted by molar-refractivity contribution is 7.09. The predicted molar refractivity (Wildman–Crippen MR) is 116 cm³/mol. The van der Waals surface area contributed by atoms with Gasteiger partial charge < -0.3 is 20.6 Å². The number of nitrogens with one attached hydrogen (secondary N) is 2. The summed E-state index contributed by atoms with van der Waals surface area (Å²) < 4.78 is 1.34. The minimum absolute atomic E-state index is 0.184. The molecule has 0 atom stereocenters. The molecule has 3 N–H and O–H groups in total. The number of rotatable bonds is 4. The number of fused-ring (bicyclic) bond motifs is 2. The summed E-state index contributed by atoms with van der Waals surface area (Å²) in [5, 5.41) is 17.8. The molecule has 3 aliphatic rings. The van der Waals surface area contributed by atoms with Crippen LogP contribution in [0.3, 0.4) is 0 Å². The first-order valence-corrected chi connectivity index (χ1v) is 11.3. The fraction of sp³-hybridized carbons (Fsp3) is 0.476. The number of carbonyl (C=O) groups is 3. The second kappa shape index (κ2) is 8.38. The maximum Gasteiger partial charge on any atom is 0.311 e. The fourth-order valence-electron chi connectivity index (χ4n) is 4.39. The van der Waals surface area contributed by atoms with E-state index in [9.17, 15) is 24.3 Å². The Balaban J connectivity index is 1.73. The first-order chi connectivity index (χ1) is 15.2. The van der Waals surface area contributed by atoms with Gasteiger partial charge in [0.05, 0.1) is 12.1 Å². The minimum Gasteiger partial charge on any atom is -0.501 e. The van der Waals surface area contributed by atoms with Crippen LogP contribution in [0.25, 0.3) is 0 Å². The molecule has 2 aliphatic heterocycles. The van der Waals surface area contributed by atoms with E-state index < -0.39 is 34.6 Å². The van der Waals surface area contributed by atoms with E-state index >= 15 is 0 Å². The highest BCUT2D eigenvalue weighted by Crippen LogP contribution is 2.42.